The number of aliphatic hydroxyl groups excluding tert-OH is 1. The highest BCUT2D eigenvalue weighted by Gasteiger charge is 2.35. The highest BCUT2D eigenvalue weighted by atomic mass is 32.2. The number of hydrogen-bond acceptors (Lipinski definition) is 4. The van der Waals surface area contributed by atoms with Gasteiger partial charge in [0.15, 0.2) is 0 Å². The maximum absolute atomic E-state index is 12.6. The number of nitrogens with two attached hydrogens (primary N) is 1. The van der Waals surface area contributed by atoms with E-state index in [1.54, 1.807) is 12.1 Å². The Morgan fingerprint density at radius 3 is 2.63 bits per heavy atom. The molecule has 0 radical (unpaired) electrons. The quantitative estimate of drug-likeness (QED) is 0.812. The number of nitrogen functional groups attached to an aromatic ring is 1. The smallest absolute Gasteiger partial charge is 0.245 e. The van der Waals surface area contributed by atoms with Gasteiger partial charge in [0.2, 0.25) is 10.0 Å². The molecule has 1 saturated heterocycles. The van der Waals surface area contributed by atoms with Crippen molar-refractivity contribution in [2.45, 2.75) is 37.6 Å². The topological polar surface area (TPSA) is 83.6 Å². The molecule has 0 aliphatic carbocycles. The van der Waals surface area contributed by atoms with Crippen LogP contribution in [0.2, 0.25) is 0 Å². The second-order valence-electron chi connectivity index (χ2n) is 5.07. The Hall–Kier alpha value is -1.11. The molecule has 0 amide bonds. The van der Waals surface area contributed by atoms with Gasteiger partial charge in [0, 0.05) is 12.6 Å². The minimum Gasteiger partial charge on any atom is -0.398 e. The molecule has 2 rings (SSSR count). The molecule has 0 aromatic heterocycles. The number of anilines is 1. The molecule has 1 atom stereocenters. The third-order valence-electron chi connectivity index (χ3n) is 3.75. The van der Waals surface area contributed by atoms with Gasteiger partial charge in [-0.3, -0.25) is 0 Å². The summed E-state index contributed by atoms with van der Waals surface area (Å²) in [6.45, 7) is 4.06. The van der Waals surface area contributed by atoms with E-state index in [9.17, 15) is 13.5 Å². The van der Waals surface area contributed by atoms with Crippen LogP contribution in [0.3, 0.4) is 0 Å². The Labute approximate surface area is 114 Å². The van der Waals surface area contributed by atoms with E-state index in [0.29, 0.717) is 13.0 Å². The predicted octanol–water partition coefficient (Wildman–Crippen LogP) is 1.03. The van der Waals surface area contributed by atoms with Gasteiger partial charge in [0.25, 0.3) is 0 Å². The summed E-state index contributed by atoms with van der Waals surface area (Å²) in [6.07, 6.45) is 1.47. The Morgan fingerprint density at radius 1 is 1.37 bits per heavy atom. The lowest BCUT2D eigenvalue weighted by Gasteiger charge is -2.23. The van der Waals surface area contributed by atoms with Crippen molar-refractivity contribution >= 4 is 15.7 Å². The number of sulfonamides is 1. The van der Waals surface area contributed by atoms with E-state index in [2.05, 4.69) is 0 Å². The third-order valence-corrected chi connectivity index (χ3v) is 5.75. The maximum atomic E-state index is 12.6. The number of nitrogens with zero attached hydrogens (tertiary/aromatic N) is 1. The first-order valence-electron chi connectivity index (χ1n) is 6.37. The fraction of sp³-hybridized carbons (Fsp3) is 0.538. The molecule has 19 heavy (non-hydrogen) atoms. The van der Waals surface area contributed by atoms with E-state index < -0.39 is 10.0 Å². The van der Waals surface area contributed by atoms with Gasteiger partial charge in [-0.1, -0.05) is 0 Å². The average molecular weight is 284 g/mol. The largest absolute Gasteiger partial charge is 0.398 e. The highest BCUT2D eigenvalue weighted by Crippen LogP contribution is 2.30. The van der Waals surface area contributed by atoms with Crippen LogP contribution in [0, 0.1) is 13.8 Å². The molecule has 0 unspecified atom stereocenters. The molecule has 0 spiro atoms. The van der Waals surface area contributed by atoms with Gasteiger partial charge in [0.05, 0.1) is 12.3 Å². The van der Waals surface area contributed by atoms with Gasteiger partial charge >= 0.3 is 0 Å². The summed E-state index contributed by atoms with van der Waals surface area (Å²) in [5, 5.41) is 9.28. The highest BCUT2D eigenvalue weighted by molar-refractivity contribution is 7.89. The molecule has 1 aliphatic heterocycles. The van der Waals surface area contributed by atoms with Crippen molar-refractivity contribution in [3.8, 4) is 0 Å². The van der Waals surface area contributed by atoms with Crippen LogP contribution in [0.15, 0.2) is 17.0 Å². The van der Waals surface area contributed by atoms with Crippen molar-refractivity contribution in [2.75, 3.05) is 18.9 Å². The van der Waals surface area contributed by atoms with E-state index >= 15 is 0 Å². The van der Waals surface area contributed by atoms with Crippen LogP contribution in [0.25, 0.3) is 0 Å². The van der Waals surface area contributed by atoms with Crippen molar-refractivity contribution < 1.29 is 13.5 Å². The van der Waals surface area contributed by atoms with Crippen LogP contribution in [0.1, 0.15) is 24.0 Å². The first kappa shape index (κ1) is 14.3. The minimum absolute atomic E-state index is 0.149. The second kappa shape index (κ2) is 5.11. The SMILES string of the molecule is Cc1cc(N)c(S(=O)(=O)N2CCC[C@H]2CO)cc1C. The van der Waals surface area contributed by atoms with E-state index in [-0.39, 0.29) is 23.2 Å². The van der Waals surface area contributed by atoms with Crippen LogP contribution in [0.4, 0.5) is 5.69 Å². The monoisotopic (exact) mass is 284 g/mol. The summed E-state index contributed by atoms with van der Waals surface area (Å²) in [5.41, 5.74) is 8.00. The Kier molecular flexibility index (Phi) is 3.85. The van der Waals surface area contributed by atoms with Crippen molar-refractivity contribution in [3.05, 3.63) is 23.3 Å². The zero-order chi connectivity index (χ0) is 14.2. The number of rotatable bonds is 3. The van der Waals surface area contributed by atoms with Gasteiger partial charge in [-0.05, 0) is 49.9 Å². The molecule has 6 heteroatoms. The van der Waals surface area contributed by atoms with Gasteiger partial charge in [-0.15, -0.1) is 0 Å². The molecule has 1 aliphatic rings. The molecule has 106 valence electrons. The predicted molar refractivity (Wildman–Crippen MR) is 74.3 cm³/mol. The average Bonchev–Trinajstić information content (AvgIpc) is 2.82. The lowest BCUT2D eigenvalue weighted by Crippen LogP contribution is -2.37. The molecule has 1 aromatic carbocycles. The molecule has 1 heterocycles. The molecule has 0 saturated carbocycles. The second-order valence-corrected chi connectivity index (χ2v) is 6.93. The fourth-order valence-corrected chi connectivity index (χ4v) is 4.34. The summed E-state index contributed by atoms with van der Waals surface area (Å²) in [4.78, 5) is 0.149. The standard InChI is InChI=1S/C13H20N2O3S/c1-9-6-12(14)13(7-10(9)2)19(17,18)15-5-3-4-11(15)8-16/h6-7,11,16H,3-5,8,14H2,1-2H3/t11-/m0/s1. The molecule has 1 fully saturated rings. The molecule has 0 bridgehead atoms. The Balaban J connectivity index is 2.48. The molecule has 3 N–H and O–H groups in total. The summed E-state index contributed by atoms with van der Waals surface area (Å²) >= 11 is 0. The fourth-order valence-electron chi connectivity index (χ4n) is 2.47. The number of hydrogen-bond donors (Lipinski definition) is 2. The van der Waals surface area contributed by atoms with Gasteiger partial charge in [-0.25, -0.2) is 8.42 Å². The van der Waals surface area contributed by atoms with E-state index in [4.69, 9.17) is 5.73 Å². The molecule has 1 aromatic rings. The van der Waals surface area contributed by atoms with E-state index in [0.717, 1.165) is 17.5 Å². The third kappa shape index (κ3) is 2.48. The van der Waals surface area contributed by atoms with Crippen molar-refractivity contribution in [3.63, 3.8) is 0 Å². The van der Waals surface area contributed by atoms with Crippen molar-refractivity contribution in [2.24, 2.45) is 0 Å². The maximum Gasteiger partial charge on any atom is 0.245 e. The first-order chi connectivity index (χ1) is 8.87. The summed E-state index contributed by atoms with van der Waals surface area (Å²) < 4.78 is 26.6. The van der Waals surface area contributed by atoms with Crippen LogP contribution < -0.4 is 5.73 Å². The Bertz CT molecular complexity index is 584. The van der Waals surface area contributed by atoms with Crippen molar-refractivity contribution in [1.82, 2.24) is 4.31 Å². The molecule has 5 nitrogen and oxygen atoms in total. The minimum atomic E-state index is -3.62. The number of benzene rings is 1. The zero-order valence-corrected chi connectivity index (χ0v) is 12.1. The van der Waals surface area contributed by atoms with Gasteiger partial charge in [0.1, 0.15) is 4.90 Å². The molecular weight excluding hydrogens is 264 g/mol. The van der Waals surface area contributed by atoms with Crippen LogP contribution in [-0.4, -0.2) is 37.0 Å². The van der Waals surface area contributed by atoms with E-state index in [1.165, 1.54) is 4.31 Å². The number of aliphatic hydroxyl groups is 1. The summed E-state index contributed by atoms with van der Waals surface area (Å²) in [7, 11) is -3.62. The normalized spacial score (nSPS) is 20.9. The first-order valence-corrected chi connectivity index (χ1v) is 7.81. The van der Waals surface area contributed by atoms with Crippen LogP contribution >= 0.6 is 0 Å². The van der Waals surface area contributed by atoms with Gasteiger partial charge < -0.3 is 10.8 Å². The van der Waals surface area contributed by atoms with Gasteiger partial charge in [-0.2, -0.15) is 4.31 Å². The summed E-state index contributed by atoms with van der Waals surface area (Å²) in [5.74, 6) is 0. The number of aryl methyl sites for hydroxylation is 2. The Morgan fingerprint density at radius 2 is 2.00 bits per heavy atom. The van der Waals surface area contributed by atoms with Crippen LogP contribution in [0.5, 0.6) is 0 Å². The van der Waals surface area contributed by atoms with E-state index in [1.807, 2.05) is 13.8 Å². The molecular formula is C13H20N2O3S. The van der Waals surface area contributed by atoms with Crippen molar-refractivity contribution in [1.29, 1.82) is 0 Å². The lowest BCUT2D eigenvalue weighted by molar-refractivity contribution is 0.213. The van der Waals surface area contributed by atoms with Crippen LogP contribution in [-0.2, 0) is 10.0 Å². The summed E-state index contributed by atoms with van der Waals surface area (Å²) in [6, 6.07) is 2.98. The lowest BCUT2D eigenvalue weighted by atomic mass is 10.1. The zero-order valence-electron chi connectivity index (χ0n) is 11.3.